The van der Waals surface area contributed by atoms with Crippen molar-refractivity contribution in [2.75, 3.05) is 0 Å². The van der Waals surface area contributed by atoms with Gasteiger partial charge in [0.05, 0.1) is 6.26 Å². The molecule has 19 heavy (non-hydrogen) atoms. The molecule has 0 aliphatic rings. The first-order valence-corrected chi connectivity index (χ1v) is 5.78. The average Bonchev–Trinajstić information content (AvgIpc) is 2.89. The normalized spacial score (nSPS) is 11.8. The number of carboxylic acid groups (broad SMARTS) is 1. The summed E-state index contributed by atoms with van der Waals surface area (Å²) in [5.74, 6) is -1.73. The summed E-state index contributed by atoms with van der Waals surface area (Å²) in [5, 5.41) is 11.9. The van der Waals surface area contributed by atoms with Crippen LogP contribution in [-0.4, -0.2) is 17.0 Å². The maximum atomic E-state index is 11.8. The lowest BCUT2D eigenvalue weighted by Crippen LogP contribution is -2.33. The van der Waals surface area contributed by atoms with E-state index in [1.807, 2.05) is 0 Å². The van der Waals surface area contributed by atoms with Crippen LogP contribution in [0.3, 0.4) is 0 Å². The quantitative estimate of drug-likeness (QED) is 0.901. The zero-order chi connectivity index (χ0) is 13.8. The van der Waals surface area contributed by atoms with Crippen LogP contribution in [0.1, 0.15) is 22.2 Å². The van der Waals surface area contributed by atoms with Crippen molar-refractivity contribution in [3.05, 3.63) is 59.0 Å². The third-order valence-electron chi connectivity index (χ3n) is 2.45. The molecular weight excluding hydrogens is 270 g/mol. The van der Waals surface area contributed by atoms with Crippen LogP contribution in [0.15, 0.2) is 47.1 Å². The van der Waals surface area contributed by atoms with E-state index in [2.05, 4.69) is 5.32 Å². The number of nitrogens with one attached hydrogen (secondary N) is 1. The molecule has 1 aromatic heterocycles. The van der Waals surface area contributed by atoms with Crippen molar-refractivity contribution in [1.29, 1.82) is 0 Å². The number of furan rings is 1. The fourth-order valence-electron chi connectivity index (χ4n) is 1.58. The van der Waals surface area contributed by atoms with Gasteiger partial charge in [-0.3, -0.25) is 4.79 Å². The van der Waals surface area contributed by atoms with Crippen LogP contribution < -0.4 is 5.32 Å². The standard InChI is InChI=1S/C13H10ClNO4/c14-9-4-1-3-8(7-9)11(13(17)18)15-12(16)10-5-2-6-19-10/h1-7,11H,(H,15,16)(H,17,18). The van der Waals surface area contributed by atoms with Gasteiger partial charge in [-0.15, -0.1) is 0 Å². The zero-order valence-corrected chi connectivity index (χ0v) is 10.4. The highest BCUT2D eigenvalue weighted by Crippen LogP contribution is 2.18. The maximum absolute atomic E-state index is 11.8. The number of amides is 1. The number of aliphatic carboxylic acids is 1. The second-order valence-corrected chi connectivity index (χ2v) is 4.21. The van der Waals surface area contributed by atoms with Crippen molar-refractivity contribution in [2.45, 2.75) is 6.04 Å². The van der Waals surface area contributed by atoms with Crippen LogP contribution in [0.5, 0.6) is 0 Å². The third-order valence-corrected chi connectivity index (χ3v) is 2.68. The van der Waals surface area contributed by atoms with Crippen LogP contribution >= 0.6 is 11.6 Å². The Morgan fingerprint density at radius 3 is 2.63 bits per heavy atom. The molecule has 6 heteroatoms. The van der Waals surface area contributed by atoms with Gasteiger partial charge in [0.25, 0.3) is 5.91 Å². The molecule has 0 fully saturated rings. The number of carboxylic acids is 1. The van der Waals surface area contributed by atoms with E-state index in [1.165, 1.54) is 18.4 Å². The second kappa shape index (κ2) is 5.58. The molecule has 1 heterocycles. The minimum Gasteiger partial charge on any atom is -0.479 e. The fraction of sp³-hybridized carbons (Fsp3) is 0.0769. The van der Waals surface area contributed by atoms with Crippen LogP contribution in [0, 0.1) is 0 Å². The molecule has 2 aromatic rings. The monoisotopic (exact) mass is 279 g/mol. The minimum absolute atomic E-state index is 0.0493. The van der Waals surface area contributed by atoms with Crippen molar-refractivity contribution in [3.8, 4) is 0 Å². The van der Waals surface area contributed by atoms with Gasteiger partial charge < -0.3 is 14.8 Å². The number of hydrogen-bond acceptors (Lipinski definition) is 3. The summed E-state index contributed by atoms with van der Waals surface area (Å²) in [6.45, 7) is 0. The summed E-state index contributed by atoms with van der Waals surface area (Å²) in [6, 6.07) is 8.12. The Morgan fingerprint density at radius 1 is 1.26 bits per heavy atom. The number of benzene rings is 1. The van der Waals surface area contributed by atoms with Crippen LogP contribution in [0.2, 0.25) is 5.02 Å². The summed E-state index contributed by atoms with van der Waals surface area (Å²) in [7, 11) is 0. The minimum atomic E-state index is -1.18. The second-order valence-electron chi connectivity index (χ2n) is 3.78. The predicted molar refractivity (Wildman–Crippen MR) is 68.0 cm³/mol. The van der Waals surface area contributed by atoms with Gasteiger partial charge in [0, 0.05) is 5.02 Å². The highest BCUT2D eigenvalue weighted by Gasteiger charge is 2.23. The molecule has 0 bridgehead atoms. The van der Waals surface area contributed by atoms with Gasteiger partial charge in [-0.2, -0.15) is 0 Å². The van der Waals surface area contributed by atoms with Crippen molar-refractivity contribution in [1.82, 2.24) is 5.32 Å². The number of rotatable bonds is 4. The SMILES string of the molecule is O=C(NC(C(=O)O)c1cccc(Cl)c1)c1ccco1. The van der Waals surface area contributed by atoms with E-state index in [0.717, 1.165) is 0 Å². The van der Waals surface area contributed by atoms with Crippen LogP contribution in [0.4, 0.5) is 0 Å². The van der Waals surface area contributed by atoms with E-state index >= 15 is 0 Å². The Balaban J connectivity index is 2.22. The lowest BCUT2D eigenvalue weighted by molar-refractivity contribution is -0.139. The fourth-order valence-corrected chi connectivity index (χ4v) is 1.78. The molecule has 0 saturated carbocycles. The van der Waals surface area contributed by atoms with Crippen LogP contribution in [0.25, 0.3) is 0 Å². The van der Waals surface area contributed by atoms with Gasteiger partial charge in [0.2, 0.25) is 0 Å². The molecule has 0 saturated heterocycles. The Hall–Kier alpha value is -2.27. The van der Waals surface area contributed by atoms with E-state index < -0.39 is 17.9 Å². The molecule has 2 N–H and O–H groups in total. The highest BCUT2D eigenvalue weighted by molar-refractivity contribution is 6.30. The summed E-state index contributed by atoms with van der Waals surface area (Å²) in [6.07, 6.45) is 1.34. The average molecular weight is 280 g/mol. The molecule has 0 spiro atoms. The van der Waals surface area contributed by atoms with Gasteiger partial charge in [-0.25, -0.2) is 4.79 Å². The Kier molecular flexibility index (Phi) is 3.87. The molecule has 1 aromatic carbocycles. The molecule has 1 atom stereocenters. The van der Waals surface area contributed by atoms with Crippen molar-refractivity contribution in [2.24, 2.45) is 0 Å². The van der Waals surface area contributed by atoms with E-state index in [4.69, 9.17) is 16.0 Å². The first-order valence-electron chi connectivity index (χ1n) is 5.40. The zero-order valence-electron chi connectivity index (χ0n) is 9.67. The number of halogens is 1. The number of carbonyl (C=O) groups excluding carboxylic acids is 1. The number of carbonyl (C=O) groups is 2. The van der Waals surface area contributed by atoms with Crippen LogP contribution in [-0.2, 0) is 4.79 Å². The van der Waals surface area contributed by atoms with Crippen molar-refractivity contribution in [3.63, 3.8) is 0 Å². The van der Waals surface area contributed by atoms with E-state index in [0.29, 0.717) is 10.6 Å². The maximum Gasteiger partial charge on any atom is 0.330 e. The topological polar surface area (TPSA) is 79.5 Å². The lowest BCUT2D eigenvalue weighted by Gasteiger charge is -2.14. The van der Waals surface area contributed by atoms with Crippen molar-refractivity contribution >= 4 is 23.5 Å². The first kappa shape index (κ1) is 13.2. The molecule has 1 amide bonds. The molecule has 0 radical (unpaired) electrons. The van der Waals surface area contributed by atoms with Crippen molar-refractivity contribution < 1.29 is 19.1 Å². The third kappa shape index (κ3) is 3.14. The summed E-state index contributed by atoms with van der Waals surface area (Å²) in [5.41, 5.74) is 0.389. The molecular formula is C13H10ClNO4. The van der Waals surface area contributed by atoms with E-state index in [9.17, 15) is 14.7 Å². The molecule has 1 unspecified atom stereocenters. The molecule has 0 aliphatic carbocycles. The van der Waals surface area contributed by atoms with E-state index in [-0.39, 0.29) is 5.76 Å². The molecule has 0 aliphatic heterocycles. The van der Waals surface area contributed by atoms with Gasteiger partial charge in [0.1, 0.15) is 0 Å². The summed E-state index contributed by atoms with van der Waals surface area (Å²) < 4.78 is 4.90. The molecule has 5 nitrogen and oxygen atoms in total. The summed E-state index contributed by atoms with van der Waals surface area (Å²) >= 11 is 5.81. The van der Waals surface area contributed by atoms with E-state index in [1.54, 1.807) is 24.3 Å². The number of hydrogen-bond donors (Lipinski definition) is 2. The predicted octanol–water partition coefficient (Wildman–Crippen LogP) is 2.49. The Morgan fingerprint density at radius 2 is 2.05 bits per heavy atom. The van der Waals surface area contributed by atoms with Gasteiger partial charge in [-0.1, -0.05) is 23.7 Å². The summed E-state index contributed by atoms with van der Waals surface area (Å²) in [4.78, 5) is 23.0. The highest BCUT2D eigenvalue weighted by atomic mass is 35.5. The molecule has 98 valence electrons. The Bertz CT molecular complexity index is 594. The van der Waals surface area contributed by atoms with Gasteiger partial charge in [-0.05, 0) is 29.8 Å². The van der Waals surface area contributed by atoms with Gasteiger partial charge in [0.15, 0.2) is 11.8 Å². The lowest BCUT2D eigenvalue weighted by atomic mass is 10.1. The van der Waals surface area contributed by atoms with Gasteiger partial charge >= 0.3 is 5.97 Å². The smallest absolute Gasteiger partial charge is 0.330 e. The first-order chi connectivity index (χ1) is 9.08. The molecule has 2 rings (SSSR count). The largest absolute Gasteiger partial charge is 0.479 e. The Labute approximate surface area is 113 Å².